The maximum Gasteiger partial charge on any atom is 0.205 e. The molecule has 0 saturated carbocycles. The Kier molecular flexibility index (Phi) is 3.55. The lowest BCUT2D eigenvalue weighted by Crippen LogP contribution is -2.31. The third-order valence-electron chi connectivity index (χ3n) is 4.27. The van der Waals surface area contributed by atoms with Crippen LogP contribution < -0.4 is 4.74 Å². The lowest BCUT2D eigenvalue weighted by atomic mass is 9.79. The van der Waals surface area contributed by atoms with E-state index in [1.807, 2.05) is 48.5 Å². The number of rotatable bonds is 1. The zero-order valence-electron chi connectivity index (χ0n) is 12.5. The fraction of sp³-hybridized carbons (Fsp3) is 0.105. The molecule has 0 saturated heterocycles. The topological polar surface area (TPSA) is 69.8 Å². The molecular formula is C19H12BrN3O. The first-order valence-electron chi connectivity index (χ1n) is 7.48. The molecule has 1 aliphatic rings. The Bertz CT molecular complexity index is 1010. The Morgan fingerprint density at radius 1 is 1.17 bits per heavy atom. The fourth-order valence-electron chi connectivity index (χ4n) is 3.20. The Morgan fingerprint density at radius 3 is 2.83 bits per heavy atom. The predicted molar refractivity (Wildman–Crippen MR) is 95.2 cm³/mol. The summed E-state index contributed by atoms with van der Waals surface area (Å²) in [5, 5.41) is 18.8. The molecular weight excluding hydrogens is 366 g/mol. The first-order valence-corrected chi connectivity index (χ1v) is 8.27. The fourth-order valence-corrected chi connectivity index (χ4v) is 3.61. The van der Waals surface area contributed by atoms with Gasteiger partial charge in [0.05, 0.1) is 6.07 Å². The van der Waals surface area contributed by atoms with Crippen LogP contribution in [0, 0.1) is 22.7 Å². The second-order valence-electron chi connectivity index (χ2n) is 5.66. The minimum atomic E-state index is -0.659. The van der Waals surface area contributed by atoms with Crippen LogP contribution in [0.25, 0.3) is 10.9 Å². The lowest BCUT2D eigenvalue weighted by Gasteiger charge is -2.30. The number of pyridine rings is 1. The third-order valence-corrected chi connectivity index (χ3v) is 4.76. The molecule has 4 rings (SSSR count). The second-order valence-corrected chi connectivity index (χ2v) is 6.58. The summed E-state index contributed by atoms with van der Waals surface area (Å²) in [6, 6.07) is 17.9. The highest BCUT2D eigenvalue weighted by molar-refractivity contribution is 9.10. The molecule has 24 heavy (non-hydrogen) atoms. The molecule has 5 heteroatoms. The number of nitrogens with one attached hydrogen (secondary N) is 1. The van der Waals surface area contributed by atoms with Crippen molar-refractivity contribution in [1.29, 1.82) is 10.7 Å². The smallest absolute Gasteiger partial charge is 0.205 e. The van der Waals surface area contributed by atoms with Crippen molar-refractivity contribution in [3.8, 4) is 11.8 Å². The van der Waals surface area contributed by atoms with E-state index >= 15 is 0 Å². The summed E-state index contributed by atoms with van der Waals surface area (Å²) in [6.07, 6.45) is 1.71. The van der Waals surface area contributed by atoms with Crippen LogP contribution in [0.5, 0.6) is 5.75 Å². The maximum absolute atomic E-state index is 9.60. The van der Waals surface area contributed by atoms with Gasteiger partial charge < -0.3 is 4.74 Å². The van der Waals surface area contributed by atoms with E-state index in [1.165, 1.54) is 0 Å². The first-order chi connectivity index (χ1) is 11.7. The molecule has 0 aliphatic carbocycles. The summed E-state index contributed by atoms with van der Waals surface area (Å²) >= 11 is 3.49. The quantitative estimate of drug-likeness (QED) is 0.671. The van der Waals surface area contributed by atoms with E-state index in [2.05, 4.69) is 27.0 Å². The largest absolute Gasteiger partial charge is 0.440 e. The van der Waals surface area contributed by atoms with Gasteiger partial charge in [0.25, 0.3) is 0 Å². The average Bonchev–Trinajstić information content (AvgIpc) is 2.60. The second kappa shape index (κ2) is 5.73. The van der Waals surface area contributed by atoms with Gasteiger partial charge in [-0.25, -0.2) is 0 Å². The number of aromatic nitrogens is 1. The molecule has 1 aromatic heterocycles. The van der Waals surface area contributed by atoms with E-state index < -0.39 is 5.92 Å². The van der Waals surface area contributed by atoms with Gasteiger partial charge in [0, 0.05) is 27.5 Å². The maximum atomic E-state index is 9.60. The van der Waals surface area contributed by atoms with Crippen LogP contribution >= 0.6 is 15.9 Å². The van der Waals surface area contributed by atoms with Gasteiger partial charge in [-0.15, -0.1) is 0 Å². The number of halogens is 1. The van der Waals surface area contributed by atoms with Gasteiger partial charge in [-0.05, 0) is 23.8 Å². The minimum Gasteiger partial charge on any atom is -0.440 e. The van der Waals surface area contributed by atoms with Gasteiger partial charge in [0.2, 0.25) is 5.90 Å². The number of nitrogens with zero attached hydrogens (tertiary/aromatic N) is 2. The van der Waals surface area contributed by atoms with Crippen molar-refractivity contribution in [3.63, 3.8) is 0 Å². The highest BCUT2D eigenvalue weighted by atomic mass is 79.9. The highest BCUT2D eigenvalue weighted by Gasteiger charge is 2.37. The van der Waals surface area contributed by atoms with Gasteiger partial charge in [-0.1, -0.05) is 46.3 Å². The van der Waals surface area contributed by atoms with Crippen LogP contribution in [-0.2, 0) is 0 Å². The van der Waals surface area contributed by atoms with Gasteiger partial charge >= 0.3 is 0 Å². The van der Waals surface area contributed by atoms with E-state index in [4.69, 9.17) is 10.1 Å². The van der Waals surface area contributed by atoms with Gasteiger partial charge in [0.15, 0.2) is 5.75 Å². The zero-order chi connectivity index (χ0) is 16.7. The first kappa shape index (κ1) is 14.9. The summed E-state index contributed by atoms with van der Waals surface area (Å²) in [5.74, 6) is -0.370. The molecule has 0 bridgehead atoms. The van der Waals surface area contributed by atoms with Crippen LogP contribution in [0.3, 0.4) is 0 Å². The van der Waals surface area contributed by atoms with Crippen LogP contribution in [0.4, 0.5) is 0 Å². The van der Waals surface area contributed by atoms with Crippen molar-refractivity contribution >= 4 is 32.7 Å². The Labute approximate surface area is 147 Å². The van der Waals surface area contributed by atoms with Crippen LogP contribution in [0.15, 0.2) is 59.2 Å². The molecule has 116 valence electrons. The van der Waals surface area contributed by atoms with Crippen molar-refractivity contribution in [2.45, 2.75) is 5.92 Å². The van der Waals surface area contributed by atoms with E-state index in [0.717, 1.165) is 26.5 Å². The number of nitriles is 1. The van der Waals surface area contributed by atoms with Crippen LogP contribution in [0.1, 0.15) is 17.0 Å². The Hall–Kier alpha value is -2.71. The molecule has 0 radical (unpaired) electrons. The van der Waals surface area contributed by atoms with E-state index in [0.29, 0.717) is 5.75 Å². The number of benzene rings is 2. The molecule has 1 N–H and O–H groups in total. The molecule has 0 spiro atoms. The van der Waals surface area contributed by atoms with Gasteiger partial charge in [0.1, 0.15) is 11.4 Å². The van der Waals surface area contributed by atoms with Gasteiger partial charge in [-0.2, -0.15) is 5.26 Å². The molecule has 2 atom stereocenters. The number of ether oxygens (including phenoxy) is 1. The molecule has 4 nitrogen and oxygen atoms in total. The van der Waals surface area contributed by atoms with Crippen LogP contribution in [-0.4, -0.2) is 10.9 Å². The van der Waals surface area contributed by atoms with E-state index in [9.17, 15) is 5.26 Å². The van der Waals surface area contributed by atoms with E-state index in [-0.39, 0.29) is 11.8 Å². The van der Waals surface area contributed by atoms with Crippen molar-refractivity contribution < 1.29 is 4.74 Å². The highest BCUT2D eigenvalue weighted by Crippen LogP contribution is 2.45. The predicted octanol–water partition coefficient (Wildman–Crippen LogP) is 4.64. The Morgan fingerprint density at radius 2 is 2.04 bits per heavy atom. The summed E-state index contributed by atoms with van der Waals surface area (Å²) in [7, 11) is 0. The number of fused-ring (bicyclic) bond motifs is 3. The summed E-state index contributed by atoms with van der Waals surface area (Å²) in [4.78, 5) is 4.41. The lowest BCUT2D eigenvalue weighted by molar-refractivity contribution is 0.454. The molecule has 2 unspecified atom stereocenters. The summed E-state index contributed by atoms with van der Waals surface area (Å²) in [6.45, 7) is 0. The van der Waals surface area contributed by atoms with Gasteiger partial charge in [-0.3, -0.25) is 10.4 Å². The van der Waals surface area contributed by atoms with Crippen molar-refractivity contribution in [3.05, 3.63) is 70.3 Å². The molecule has 0 fully saturated rings. The minimum absolute atomic E-state index is 0.0341. The summed E-state index contributed by atoms with van der Waals surface area (Å²) < 4.78 is 6.66. The van der Waals surface area contributed by atoms with E-state index in [1.54, 1.807) is 6.20 Å². The van der Waals surface area contributed by atoms with Crippen molar-refractivity contribution in [2.24, 2.45) is 5.92 Å². The zero-order valence-corrected chi connectivity index (χ0v) is 14.1. The molecule has 1 aliphatic heterocycles. The number of hydrogen-bond acceptors (Lipinski definition) is 4. The average molecular weight is 378 g/mol. The third kappa shape index (κ3) is 2.27. The molecule has 2 heterocycles. The number of hydrogen-bond donors (Lipinski definition) is 1. The normalized spacial score (nSPS) is 19.4. The monoisotopic (exact) mass is 377 g/mol. The SMILES string of the molecule is N#CC1C(=N)Oc2c(ccc3cccnc23)C1c1cccc(Br)c1. The van der Waals surface area contributed by atoms with Crippen LogP contribution in [0.2, 0.25) is 0 Å². The Balaban J connectivity index is 2.00. The van der Waals surface area contributed by atoms with Crippen molar-refractivity contribution in [2.75, 3.05) is 0 Å². The molecule has 0 amide bonds. The molecule has 2 aromatic carbocycles. The van der Waals surface area contributed by atoms with Crippen molar-refractivity contribution in [1.82, 2.24) is 4.98 Å². The summed E-state index contributed by atoms with van der Waals surface area (Å²) in [5.41, 5.74) is 2.58. The standard InChI is InChI=1S/C19H12BrN3O/c20-13-5-1-3-12(9-13)16-14-7-6-11-4-2-8-23-17(11)18(14)24-19(22)15(16)10-21/h1-9,15-16,22H. The molecule has 3 aromatic rings.